The van der Waals surface area contributed by atoms with Gasteiger partial charge in [0.1, 0.15) is 0 Å². The van der Waals surface area contributed by atoms with Crippen LogP contribution in [0, 0.1) is 0 Å². The van der Waals surface area contributed by atoms with Crippen LogP contribution in [0.5, 0.6) is 0 Å². The van der Waals surface area contributed by atoms with E-state index in [0.717, 1.165) is 51.4 Å². The molecule has 0 aliphatic heterocycles. The summed E-state index contributed by atoms with van der Waals surface area (Å²) in [6.07, 6.45) is 3.18. The van der Waals surface area contributed by atoms with Crippen molar-refractivity contribution >= 4 is 34.9 Å². The minimum absolute atomic E-state index is 0. The van der Waals surface area contributed by atoms with E-state index in [4.69, 9.17) is 19.8 Å². The van der Waals surface area contributed by atoms with Crippen LogP contribution in [-0.4, -0.2) is 93.0 Å². The molecule has 2 N–H and O–H groups in total. The molecule has 2 aromatic rings. The number of hydrogen-bond donors (Lipinski definition) is 0. The van der Waals surface area contributed by atoms with Crippen LogP contribution in [0.1, 0.15) is 38.8 Å². The van der Waals surface area contributed by atoms with Crippen LogP contribution in [0.15, 0.2) is 82.8 Å². The molecule has 0 aromatic heterocycles. The Morgan fingerprint density at radius 1 is 0.600 bits per heavy atom. The van der Waals surface area contributed by atoms with Gasteiger partial charge in [-0.25, -0.2) is 0 Å². The van der Waals surface area contributed by atoms with Gasteiger partial charge in [0.2, 0.25) is 0 Å². The first-order chi connectivity index (χ1) is 19.6. The number of allylic oxidation sites excluding steroid dienone is 2. The van der Waals surface area contributed by atoms with E-state index in [-0.39, 0.29) is 51.1 Å². The summed E-state index contributed by atoms with van der Waals surface area (Å²) < 4.78 is 0. The summed E-state index contributed by atoms with van der Waals surface area (Å²) in [5.41, 5.74) is 2.96. The molecule has 0 atom stereocenters. The number of benzene rings is 2. The quantitative estimate of drug-likeness (QED) is 0.178. The Morgan fingerprint density at radius 3 is 1.07 bits per heavy atom. The predicted octanol–water partition coefficient (Wildman–Crippen LogP) is -0.497. The monoisotopic (exact) mass is 724 g/mol. The fourth-order valence-electron chi connectivity index (χ4n) is 2.69. The third-order valence-corrected chi connectivity index (χ3v) is 4.61. The van der Waals surface area contributed by atoms with Crippen LogP contribution in [0.25, 0.3) is 11.5 Å². The van der Waals surface area contributed by atoms with Crippen LogP contribution in [-0.2, 0) is 43.7 Å². The van der Waals surface area contributed by atoms with Gasteiger partial charge in [0.05, 0.1) is 13.1 Å². The van der Waals surface area contributed by atoms with Gasteiger partial charge < -0.3 is 45.3 Å². The van der Waals surface area contributed by atoms with Crippen molar-refractivity contribution in [2.45, 2.75) is 27.7 Å². The maximum atomic E-state index is 11.8. The second-order valence-corrected chi connectivity index (χ2v) is 9.39. The number of carbonyl (C=O) groups is 2. The van der Waals surface area contributed by atoms with Crippen molar-refractivity contribution in [2.24, 2.45) is 9.98 Å². The first-order valence-corrected chi connectivity index (χ1v) is 13.2. The number of carbonyl (C=O) groups excluding carboxylic acids is 2. The second-order valence-electron chi connectivity index (χ2n) is 9.39. The van der Waals surface area contributed by atoms with Gasteiger partial charge in [0, 0.05) is 36.5 Å². The third-order valence-electron chi connectivity index (χ3n) is 4.61. The first kappa shape index (κ1) is 51.3. The molecule has 13 heteroatoms. The summed E-state index contributed by atoms with van der Waals surface area (Å²) in [5.74, 6) is -2.14. The zero-order chi connectivity index (χ0) is 32.5. The Hall–Kier alpha value is -3.28. The van der Waals surface area contributed by atoms with E-state index in [1.54, 1.807) is 12.2 Å². The first-order valence-electron chi connectivity index (χ1n) is 13.2. The molecular weight excluding hydrogens is 679 g/mol. The molecule has 0 unspecified atom stereocenters. The van der Waals surface area contributed by atoms with Gasteiger partial charge in [0.25, 0.3) is 0 Å². The summed E-state index contributed by atoms with van der Waals surface area (Å²) in [4.78, 5) is 30.6. The molecule has 2 aromatic carbocycles. The Morgan fingerprint density at radius 2 is 0.844 bits per heavy atom. The number of nitrogens with zero attached hydrogens (tertiary/aromatic N) is 4. The maximum absolute atomic E-state index is 11.8. The van der Waals surface area contributed by atoms with Crippen molar-refractivity contribution in [1.29, 1.82) is 0 Å². The van der Waals surface area contributed by atoms with Gasteiger partial charge >= 0.3 is 34.1 Å². The summed E-state index contributed by atoms with van der Waals surface area (Å²) >= 11 is 0. The minimum atomic E-state index is -1.08. The van der Waals surface area contributed by atoms with Crippen molar-refractivity contribution in [3.63, 3.8) is 0 Å². The van der Waals surface area contributed by atoms with Crippen LogP contribution < -0.4 is 20.4 Å². The standard InChI is InChI=1S/2C14H20N2O.2C2H4O2.2Cu.H2O/c2*1-12(15-9-10-16(2)3)11-14(17)13-7-5-4-6-8-13;2*1-2(3)4;;;/h2*4-8,11,17H,9-10H2,1-3H3;2*1H3,(H,3,4);;;1H2/q;;;;2*+2;/p-4/b2*14-11-,15-12?;;;;;. The third kappa shape index (κ3) is 36.8. The summed E-state index contributed by atoms with van der Waals surface area (Å²) in [6.45, 7) is 8.89. The van der Waals surface area contributed by atoms with Crippen LogP contribution in [0.4, 0.5) is 0 Å². The molecule has 45 heavy (non-hydrogen) atoms. The van der Waals surface area contributed by atoms with Crippen molar-refractivity contribution in [2.75, 3.05) is 54.4 Å². The average molecular weight is 726 g/mol. The number of aliphatic imine (C=N–C) groups is 2. The molecule has 0 spiro atoms. The van der Waals surface area contributed by atoms with Gasteiger partial charge in [0.15, 0.2) is 0 Å². The maximum Gasteiger partial charge on any atom is 2.00 e. The molecule has 0 amide bonds. The SMILES string of the molecule is CC(/C=C(\[O-])c1ccccc1)=NCCN(C)C.CC(/C=C(\[O-])c1ccccc1)=NCCN(C)C.CC(=O)[O-].CC(=O)[O-].O.[Cu+2].[Cu+2]. The number of carboxylic acids is 2. The van der Waals surface area contributed by atoms with E-state index in [1.807, 2.05) is 103 Å². The van der Waals surface area contributed by atoms with Gasteiger partial charge in [-0.1, -0.05) is 72.2 Å². The summed E-state index contributed by atoms with van der Waals surface area (Å²) in [5, 5.41) is 41.4. The zero-order valence-corrected chi connectivity index (χ0v) is 29.0. The molecule has 0 heterocycles. The van der Waals surface area contributed by atoms with E-state index in [0.29, 0.717) is 11.1 Å². The number of likely N-dealkylation sites (N-methyl/N-ethyl adjacent to an activating group) is 2. The molecule has 2 radical (unpaired) electrons. The van der Waals surface area contributed by atoms with Crippen LogP contribution in [0.2, 0.25) is 0 Å². The van der Waals surface area contributed by atoms with E-state index >= 15 is 0 Å². The Kier molecular flexibility index (Phi) is 36.6. The van der Waals surface area contributed by atoms with Crippen molar-refractivity contribution in [3.05, 3.63) is 83.9 Å². The van der Waals surface area contributed by atoms with Crippen molar-refractivity contribution in [3.8, 4) is 0 Å². The van der Waals surface area contributed by atoms with E-state index in [9.17, 15) is 10.2 Å². The molecule has 0 saturated carbocycles. The van der Waals surface area contributed by atoms with Crippen LogP contribution in [0.3, 0.4) is 0 Å². The van der Waals surface area contributed by atoms with E-state index in [2.05, 4.69) is 19.8 Å². The molecule has 0 aliphatic rings. The largest absolute Gasteiger partial charge is 2.00 e. The molecule has 11 nitrogen and oxygen atoms in total. The fraction of sp³-hybridized carbons (Fsp3) is 0.375. The predicted molar refractivity (Wildman–Crippen MR) is 167 cm³/mol. The fourth-order valence-corrected chi connectivity index (χ4v) is 2.69. The van der Waals surface area contributed by atoms with Crippen molar-refractivity contribution < 1.29 is 69.6 Å². The van der Waals surface area contributed by atoms with Gasteiger partial charge in [-0.3, -0.25) is 9.98 Å². The molecule has 0 fully saturated rings. The zero-order valence-electron chi connectivity index (χ0n) is 27.1. The molecule has 0 saturated heterocycles. The topological polar surface area (TPSA) is 189 Å². The summed E-state index contributed by atoms with van der Waals surface area (Å²) in [7, 11) is 8.01. The normalized spacial score (nSPS) is 11.1. The van der Waals surface area contributed by atoms with Crippen LogP contribution >= 0.6 is 0 Å². The number of hydrogen-bond acceptors (Lipinski definition) is 10. The van der Waals surface area contributed by atoms with Gasteiger partial charge in [-0.05, 0) is 79.2 Å². The number of carboxylic acid groups (broad SMARTS) is 2. The van der Waals surface area contributed by atoms with Crippen molar-refractivity contribution in [1.82, 2.24) is 9.80 Å². The number of rotatable bonds is 10. The molecule has 0 bridgehead atoms. The van der Waals surface area contributed by atoms with Gasteiger partial charge in [-0.2, -0.15) is 0 Å². The smallest absolute Gasteiger partial charge is 0.872 e. The minimum Gasteiger partial charge on any atom is -0.872 e. The number of aliphatic carboxylic acids is 2. The average Bonchev–Trinajstić information content (AvgIpc) is 2.89. The Labute approximate surface area is 289 Å². The van der Waals surface area contributed by atoms with E-state index in [1.165, 1.54) is 0 Å². The Bertz CT molecular complexity index is 1060. The molecule has 258 valence electrons. The molecular formula is C32H46Cu2N4O7. The second kappa shape index (κ2) is 32.1. The molecule has 2 rings (SSSR count). The van der Waals surface area contributed by atoms with E-state index < -0.39 is 11.9 Å². The molecule has 0 aliphatic carbocycles. The van der Waals surface area contributed by atoms with Gasteiger partial charge in [-0.15, -0.1) is 0 Å². The summed E-state index contributed by atoms with van der Waals surface area (Å²) in [6, 6.07) is 18.5. The Balaban J connectivity index is -0.000000181.